The number of phenolic OH excluding ortho intramolecular Hbond substituents is 1. The zero-order chi connectivity index (χ0) is 31.5. The van der Waals surface area contributed by atoms with Crippen LogP contribution in [0.25, 0.3) is 0 Å². The zero-order valence-corrected chi connectivity index (χ0v) is 27.7. The van der Waals surface area contributed by atoms with Gasteiger partial charge in [0.2, 0.25) is 5.91 Å². The highest BCUT2D eigenvalue weighted by molar-refractivity contribution is 9.10. The fourth-order valence-electron chi connectivity index (χ4n) is 4.23. The molecule has 1 amide bonds. The van der Waals surface area contributed by atoms with E-state index in [1.54, 1.807) is 24.3 Å². The summed E-state index contributed by atoms with van der Waals surface area (Å²) in [5.74, 6) is 0.199. The van der Waals surface area contributed by atoms with Crippen molar-refractivity contribution in [2.45, 2.75) is 77.0 Å². The molecule has 8 nitrogen and oxygen atoms in total. The highest BCUT2D eigenvalue weighted by Crippen LogP contribution is 2.40. The second kappa shape index (κ2) is 12.9. The number of aromatic hydroxyl groups is 1. The SMILES string of the molecule is COc1cc(/C=N\NC(=O)CCc2cc(C(C)(C)C)c(O)c(C(C)(C)C)c2)cc(Br)c1OS(=O)(=O)c1ccc(C)cc1. The van der Waals surface area contributed by atoms with Crippen LogP contribution in [0.2, 0.25) is 0 Å². The van der Waals surface area contributed by atoms with Crippen molar-refractivity contribution in [3.05, 3.63) is 80.8 Å². The van der Waals surface area contributed by atoms with Crippen molar-refractivity contribution in [3.63, 3.8) is 0 Å². The van der Waals surface area contributed by atoms with Gasteiger partial charge in [-0.25, -0.2) is 5.43 Å². The molecule has 2 N–H and O–H groups in total. The number of carbonyl (C=O) groups excluding carboxylic acids is 1. The summed E-state index contributed by atoms with van der Waals surface area (Å²) in [5, 5.41) is 15.0. The standard InChI is InChI=1S/C32H39BrN2O6S/c1-20-9-12-23(13-10-20)42(38,39)41-30-26(33)17-22(18-27(30)40-8)19-34-35-28(36)14-11-21-15-24(31(2,3)4)29(37)25(16-21)32(5,6)7/h9-10,12-13,15-19,37H,11,14H2,1-8H3,(H,35,36)/b34-19-. The van der Waals surface area contributed by atoms with Crippen molar-refractivity contribution >= 4 is 38.2 Å². The Hall–Kier alpha value is -3.37. The van der Waals surface area contributed by atoms with Crippen LogP contribution in [0.4, 0.5) is 0 Å². The summed E-state index contributed by atoms with van der Waals surface area (Å²) in [6, 6.07) is 13.4. The molecule has 0 aromatic heterocycles. The first-order chi connectivity index (χ1) is 19.4. The number of carbonyl (C=O) groups is 1. The molecule has 0 saturated carbocycles. The van der Waals surface area contributed by atoms with E-state index in [2.05, 4.69) is 68.0 Å². The van der Waals surface area contributed by atoms with Gasteiger partial charge in [-0.3, -0.25) is 4.79 Å². The summed E-state index contributed by atoms with van der Waals surface area (Å²) in [4.78, 5) is 12.6. The number of nitrogens with zero attached hydrogens (tertiary/aromatic N) is 1. The first-order valence-corrected chi connectivity index (χ1v) is 15.7. The van der Waals surface area contributed by atoms with Crippen molar-refractivity contribution < 1.29 is 27.2 Å². The number of ether oxygens (including phenoxy) is 1. The first kappa shape index (κ1) is 33.1. The molecule has 0 radical (unpaired) electrons. The molecule has 0 spiro atoms. The lowest BCUT2D eigenvalue weighted by Crippen LogP contribution is -2.20. The van der Waals surface area contributed by atoms with Gasteiger partial charge in [0.15, 0.2) is 11.5 Å². The van der Waals surface area contributed by atoms with Gasteiger partial charge in [-0.15, -0.1) is 0 Å². The predicted molar refractivity (Wildman–Crippen MR) is 169 cm³/mol. The molecule has 3 aromatic rings. The van der Waals surface area contributed by atoms with Crippen LogP contribution >= 0.6 is 15.9 Å². The van der Waals surface area contributed by atoms with Crippen LogP contribution in [0.1, 0.15) is 75.8 Å². The number of methoxy groups -OCH3 is 1. The van der Waals surface area contributed by atoms with Crippen molar-refractivity contribution in [1.82, 2.24) is 5.43 Å². The monoisotopic (exact) mass is 658 g/mol. The van der Waals surface area contributed by atoms with E-state index < -0.39 is 10.1 Å². The summed E-state index contributed by atoms with van der Waals surface area (Å²) in [7, 11) is -2.70. The van der Waals surface area contributed by atoms with Crippen LogP contribution in [0.15, 0.2) is 63.0 Å². The minimum atomic E-state index is -4.09. The van der Waals surface area contributed by atoms with Gasteiger partial charge in [0.1, 0.15) is 10.6 Å². The lowest BCUT2D eigenvalue weighted by molar-refractivity contribution is -0.121. The van der Waals surface area contributed by atoms with Gasteiger partial charge in [-0.05, 0) is 86.6 Å². The fraction of sp³-hybridized carbons (Fsp3) is 0.375. The summed E-state index contributed by atoms with van der Waals surface area (Å²) in [6.07, 6.45) is 2.11. The molecular formula is C32H39BrN2O6S. The lowest BCUT2D eigenvalue weighted by Gasteiger charge is -2.28. The molecule has 42 heavy (non-hydrogen) atoms. The maximum atomic E-state index is 12.8. The molecule has 3 aromatic carbocycles. The topological polar surface area (TPSA) is 114 Å². The molecule has 0 atom stereocenters. The van der Waals surface area contributed by atoms with Crippen molar-refractivity contribution in [2.24, 2.45) is 5.10 Å². The summed E-state index contributed by atoms with van der Waals surface area (Å²) >= 11 is 3.36. The van der Waals surface area contributed by atoms with Crippen molar-refractivity contribution in [1.29, 1.82) is 0 Å². The van der Waals surface area contributed by atoms with Gasteiger partial charge in [-0.2, -0.15) is 13.5 Å². The van der Waals surface area contributed by atoms with E-state index in [1.165, 1.54) is 25.5 Å². The summed E-state index contributed by atoms with van der Waals surface area (Å²) in [5.41, 5.74) is 6.15. The normalized spacial score (nSPS) is 12.4. The number of halogens is 1. The number of amides is 1. The quantitative estimate of drug-likeness (QED) is 0.147. The van der Waals surface area contributed by atoms with Gasteiger partial charge in [-0.1, -0.05) is 71.4 Å². The number of hydrogen-bond acceptors (Lipinski definition) is 7. The Labute approximate surface area is 257 Å². The molecule has 0 aliphatic carbocycles. The second-order valence-electron chi connectivity index (χ2n) is 12.2. The van der Waals surface area contributed by atoms with E-state index in [0.29, 0.717) is 22.2 Å². The van der Waals surface area contributed by atoms with Gasteiger partial charge in [0, 0.05) is 6.42 Å². The van der Waals surface area contributed by atoms with Gasteiger partial charge in [0.05, 0.1) is 17.8 Å². The third-order valence-electron chi connectivity index (χ3n) is 6.58. The van der Waals surface area contributed by atoms with Crippen LogP contribution < -0.4 is 14.3 Å². The maximum Gasteiger partial charge on any atom is 0.339 e. The third kappa shape index (κ3) is 8.35. The molecule has 10 heteroatoms. The Morgan fingerprint density at radius 1 is 1.00 bits per heavy atom. The van der Waals surface area contributed by atoms with Crippen LogP contribution in [0.3, 0.4) is 0 Å². The zero-order valence-electron chi connectivity index (χ0n) is 25.3. The number of rotatable bonds is 9. The Morgan fingerprint density at radius 3 is 2.10 bits per heavy atom. The maximum absolute atomic E-state index is 12.8. The van der Waals surface area contributed by atoms with Gasteiger partial charge >= 0.3 is 10.1 Å². The minimum absolute atomic E-state index is 0.00240. The second-order valence-corrected chi connectivity index (χ2v) is 14.6. The molecule has 3 rings (SSSR count). The van der Waals surface area contributed by atoms with Crippen LogP contribution in [0.5, 0.6) is 17.2 Å². The Balaban J connectivity index is 1.71. The Kier molecular flexibility index (Phi) is 10.2. The third-order valence-corrected chi connectivity index (χ3v) is 8.41. The largest absolute Gasteiger partial charge is 0.507 e. The number of aryl methyl sites for hydroxylation is 2. The predicted octanol–water partition coefficient (Wildman–Crippen LogP) is 6.92. The molecule has 0 fully saturated rings. The van der Waals surface area contributed by atoms with E-state index in [9.17, 15) is 18.3 Å². The molecule has 0 unspecified atom stereocenters. The molecule has 0 aliphatic heterocycles. The van der Waals surface area contributed by atoms with E-state index in [-0.39, 0.29) is 39.6 Å². The van der Waals surface area contributed by atoms with Crippen LogP contribution in [0, 0.1) is 6.92 Å². The van der Waals surface area contributed by atoms with Gasteiger partial charge in [0.25, 0.3) is 0 Å². The van der Waals surface area contributed by atoms with Crippen LogP contribution in [-0.2, 0) is 32.2 Å². The molecule has 226 valence electrons. The van der Waals surface area contributed by atoms with E-state index >= 15 is 0 Å². The average Bonchev–Trinajstić information content (AvgIpc) is 2.88. The van der Waals surface area contributed by atoms with Crippen molar-refractivity contribution in [3.8, 4) is 17.2 Å². The average molecular weight is 660 g/mol. The Bertz CT molecular complexity index is 1550. The fourth-order valence-corrected chi connectivity index (χ4v) is 5.84. The number of nitrogens with one attached hydrogen (secondary N) is 1. The lowest BCUT2D eigenvalue weighted by atomic mass is 9.78. The van der Waals surface area contributed by atoms with Crippen LogP contribution in [-0.4, -0.2) is 32.8 Å². The van der Waals surface area contributed by atoms with E-state index in [1.807, 2.05) is 19.1 Å². The number of hydrazone groups is 1. The Morgan fingerprint density at radius 2 is 1.57 bits per heavy atom. The van der Waals surface area contributed by atoms with Gasteiger partial charge < -0.3 is 14.0 Å². The molecule has 0 saturated heterocycles. The number of hydrogen-bond donors (Lipinski definition) is 2. The van der Waals surface area contributed by atoms with E-state index in [0.717, 1.165) is 22.3 Å². The summed E-state index contributed by atoms with van der Waals surface area (Å²) < 4.78 is 36.7. The number of benzene rings is 3. The highest BCUT2D eigenvalue weighted by atomic mass is 79.9. The smallest absolute Gasteiger partial charge is 0.339 e. The highest BCUT2D eigenvalue weighted by Gasteiger charge is 2.27. The molecule has 0 heterocycles. The molecular weight excluding hydrogens is 620 g/mol. The number of phenols is 1. The van der Waals surface area contributed by atoms with Crippen molar-refractivity contribution in [2.75, 3.05) is 7.11 Å². The first-order valence-electron chi connectivity index (χ1n) is 13.5. The molecule has 0 bridgehead atoms. The van der Waals surface area contributed by atoms with E-state index in [4.69, 9.17) is 8.92 Å². The minimum Gasteiger partial charge on any atom is -0.507 e. The molecule has 0 aliphatic rings. The summed E-state index contributed by atoms with van der Waals surface area (Å²) in [6.45, 7) is 14.2.